The average Bonchev–Trinajstić information content (AvgIpc) is 2.22. The molecule has 0 radical (unpaired) electrons. The van der Waals surface area contributed by atoms with Crippen molar-refractivity contribution in [3.05, 3.63) is 23.8 Å². The maximum Gasteiger partial charge on any atom is 0.0472 e. The van der Waals surface area contributed by atoms with Crippen LogP contribution >= 0.6 is 11.8 Å². The van der Waals surface area contributed by atoms with Crippen LogP contribution in [0.2, 0.25) is 0 Å². The predicted molar refractivity (Wildman–Crippen MR) is 67.4 cm³/mol. The highest BCUT2D eigenvalue weighted by atomic mass is 32.2. The average molecular weight is 225 g/mol. The highest BCUT2D eigenvalue weighted by Gasteiger charge is 2.07. The van der Waals surface area contributed by atoms with Crippen LogP contribution in [0.1, 0.15) is 18.9 Å². The van der Waals surface area contributed by atoms with Crippen LogP contribution in [0.4, 0.5) is 5.69 Å². The third-order valence-corrected chi connectivity index (χ3v) is 3.72. The van der Waals surface area contributed by atoms with E-state index in [0.717, 1.165) is 18.7 Å². The molecule has 2 nitrogen and oxygen atoms in total. The zero-order valence-electron chi connectivity index (χ0n) is 9.62. The van der Waals surface area contributed by atoms with E-state index in [9.17, 15) is 0 Å². The minimum absolute atomic E-state index is 0.561. The molecule has 0 aliphatic heterocycles. The zero-order valence-corrected chi connectivity index (χ0v) is 10.4. The molecule has 1 aromatic carbocycles. The Kier molecular flexibility index (Phi) is 4.99. The van der Waals surface area contributed by atoms with Gasteiger partial charge in [0.05, 0.1) is 0 Å². The van der Waals surface area contributed by atoms with Gasteiger partial charge in [-0.25, -0.2) is 0 Å². The van der Waals surface area contributed by atoms with E-state index in [1.165, 1.54) is 10.5 Å². The van der Waals surface area contributed by atoms with Gasteiger partial charge in [0.25, 0.3) is 0 Å². The summed E-state index contributed by atoms with van der Waals surface area (Å²) in [6.07, 6.45) is 1.06. The summed E-state index contributed by atoms with van der Waals surface area (Å²) in [6, 6.07) is 6.08. The molecule has 0 bridgehead atoms. The highest BCUT2D eigenvalue weighted by Crippen LogP contribution is 2.30. The van der Waals surface area contributed by atoms with E-state index >= 15 is 0 Å². The van der Waals surface area contributed by atoms with E-state index in [0.29, 0.717) is 5.25 Å². The number of hydrogen-bond acceptors (Lipinski definition) is 3. The van der Waals surface area contributed by atoms with Crippen molar-refractivity contribution < 1.29 is 4.74 Å². The molecule has 0 fully saturated rings. The molecule has 1 aromatic rings. The predicted octanol–water partition coefficient (Wildman–Crippen LogP) is 3.09. The third-order valence-electron chi connectivity index (χ3n) is 2.38. The molecule has 2 N–H and O–H groups in total. The van der Waals surface area contributed by atoms with Crippen molar-refractivity contribution in [3.8, 4) is 0 Å². The first-order chi connectivity index (χ1) is 7.15. The van der Waals surface area contributed by atoms with E-state index in [4.69, 9.17) is 10.5 Å². The van der Waals surface area contributed by atoms with Crippen LogP contribution in [0.25, 0.3) is 0 Å². The lowest BCUT2D eigenvalue weighted by Crippen LogP contribution is -2.02. The lowest BCUT2D eigenvalue weighted by atomic mass is 10.2. The van der Waals surface area contributed by atoms with E-state index in [-0.39, 0.29) is 0 Å². The van der Waals surface area contributed by atoms with Gasteiger partial charge in [-0.05, 0) is 31.0 Å². The van der Waals surface area contributed by atoms with Crippen LogP contribution in [-0.4, -0.2) is 19.0 Å². The minimum atomic E-state index is 0.561. The van der Waals surface area contributed by atoms with Gasteiger partial charge in [0.15, 0.2) is 0 Å². The molecule has 0 spiro atoms. The highest BCUT2D eigenvalue weighted by molar-refractivity contribution is 8.00. The molecule has 0 saturated heterocycles. The Morgan fingerprint density at radius 3 is 2.87 bits per heavy atom. The van der Waals surface area contributed by atoms with Gasteiger partial charge < -0.3 is 10.5 Å². The Labute approximate surface area is 96.2 Å². The molecule has 3 heteroatoms. The van der Waals surface area contributed by atoms with Crippen LogP contribution < -0.4 is 5.73 Å². The van der Waals surface area contributed by atoms with Crippen molar-refractivity contribution in [2.24, 2.45) is 0 Å². The molecule has 0 aliphatic rings. The van der Waals surface area contributed by atoms with Gasteiger partial charge >= 0.3 is 0 Å². The van der Waals surface area contributed by atoms with Crippen LogP contribution in [0.3, 0.4) is 0 Å². The monoisotopic (exact) mass is 225 g/mol. The Morgan fingerprint density at radius 2 is 2.20 bits per heavy atom. The molecular formula is C12H19NOS. The van der Waals surface area contributed by atoms with Crippen LogP contribution in [-0.2, 0) is 4.74 Å². The summed E-state index contributed by atoms with van der Waals surface area (Å²) >= 11 is 1.86. The lowest BCUT2D eigenvalue weighted by molar-refractivity contribution is 0.195. The van der Waals surface area contributed by atoms with E-state index in [2.05, 4.69) is 19.9 Å². The van der Waals surface area contributed by atoms with Gasteiger partial charge in [0, 0.05) is 29.5 Å². The molecule has 1 unspecified atom stereocenters. The number of thioether (sulfide) groups is 1. The Bertz CT molecular complexity index is 314. The quantitative estimate of drug-likeness (QED) is 0.618. The fourth-order valence-corrected chi connectivity index (χ4v) is 2.42. The van der Waals surface area contributed by atoms with E-state index in [1.807, 2.05) is 23.9 Å². The fraction of sp³-hybridized carbons (Fsp3) is 0.500. The summed E-state index contributed by atoms with van der Waals surface area (Å²) in [7, 11) is 1.74. The lowest BCUT2D eigenvalue weighted by Gasteiger charge is -2.13. The first kappa shape index (κ1) is 12.4. The maximum absolute atomic E-state index is 5.86. The Balaban J connectivity index is 2.60. The summed E-state index contributed by atoms with van der Waals surface area (Å²) in [4.78, 5) is 1.28. The summed E-state index contributed by atoms with van der Waals surface area (Å²) in [5, 5.41) is 0.561. The van der Waals surface area contributed by atoms with Gasteiger partial charge in [-0.3, -0.25) is 0 Å². The van der Waals surface area contributed by atoms with Gasteiger partial charge in [-0.2, -0.15) is 0 Å². The van der Waals surface area contributed by atoms with Crippen LogP contribution in [0.15, 0.2) is 23.1 Å². The number of benzene rings is 1. The van der Waals surface area contributed by atoms with Crippen LogP contribution in [0, 0.1) is 6.92 Å². The zero-order chi connectivity index (χ0) is 11.3. The van der Waals surface area contributed by atoms with Gasteiger partial charge in [-0.15, -0.1) is 11.8 Å². The van der Waals surface area contributed by atoms with E-state index < -0.39 is 0 Å². The number of rotatable bonds is 5. The Hall–Kier alpha value is -0.670. The topological polar surface area (TPSA) is 35.2 Å². The van der Waals surface area contributed by atoms with Crippen molar-refractivity contribution in [3.63, 3.8) is 0 Å². The standard InChI is InChI=1S/C12H19NOS/c1-9(7-8-14-3)15-12-6-4-5-11(13)10(12)2/h4-6,9H,7-8,13H2,1-3H3. The van der Waals surface area contributed by atoms with Crippen molar-refractivity contribution in [1.82, 2.24) is 0 Å². The fourth-order valence-electron chi connectivity index (χ4n) is 1.32. The maximum atomic E-state index is 5.86. The smallest absolute Gasteiger partial charge is 0.0472 e. The van der Waals surface area contributed by atoms with Gasteiger partial charge in [0.2, 0.25) is 0 Å². The third kappa shape index (κ3) is 3.76. The number of anilines is 1. The summed E-state index contributed by atoms with van der Waals surface area (Å²) < 4.78 is 5.07. The minimum Gasteiger partial charge on any atom is -0.398 e. The molecule has 1 rings (SSSR count). The molecule has 0 aliphatic carbocycles. The Morgan fingerprint density at radius 1 is 1.47 bits per heavy atom. The van der Waals surface area contributed by atoms with Crippen molar-refractivity contribution >= 4 is 17.4 Å². The number of nitrogen functional groups attached to an aromatic ring is 1. The first-order valence-electron chi connectivity index (χ1n) is 5.16. The second kappa shape index (κ2) is 6.03. The second-order valence-electron chi connectivity index (χ2n) is 3.68. The SMILES string of the molecule is COCCC(C)Sc1cccc(N)c1C. The summed E-state index contributed by atoms with van der Waals surface area (Å²) in [5.74, 6) is 0. The van der Waals surface area contributed by atoms with Gasteiger partial charge in [0.1, 0.15) is 0 Å². The number of methoxy groups -OCH3 is 1. The molecule has 84 valence electrons. The van der Waals surface area contributed by atoms with Crippen molar-refractivity contribution in [2.45, 2.75) is 30.4 Å². The normalized spacial score (nSPS) is 12.7. The number of ether oxygens (including phenoxy) is 1. The van der Waals surface area contributed by atoms with Gasteiger partial charge in [-0.1, -0.05) is 13.0 Å². The molecule has 0 amide bonds. The number of hydrogen-bond donors (Lipinski definition) is 1. The summed E-state index contributed by atoms with van der Waals surface area (Å²) in [6.45, 7) is 5.10. The summed E-state index contributed by atoms with van der Waals surface area (Å²) in [5.41, 5.74) is 7.92. The van der Waals surface area contributed by atoms with E-state index in [1.54, 1.807) is 7.11 Å². The second-order valence-corrected chi connectivity index (χ2v) is 5.16. The molecule has 0 heterocycles. The van der Waals surface area contributed by atoms with Crippen molar-refractivity contribution in [1.29, 1.82) is 0 Å². The molecule has 0 saturated carbocycles. The molecule has 0 aromatic heterocycles. The molecule has 1 atom stereocenters. The molecular weight excluding hydrogens is 206 g/mol. The van der Waals surface area contributed by atoms with Crippen molar-refractivity contribution in [2.75, 3.05) is 19.5 Å². The first-order valence-corrected chi connectivity index (χ1v) is 6.03. The van der Waals surface area contributed by atoms with Crippen LogP contribution in [0.5, 0.6) is 0 Å². The molecule has 15 heavy (non-hydrogen) atoms. The largest absolute Gasteiger partial charge is 0.398 e. The number of nitrogens with two attached hydrogens (primary N) is 1.